The van der Waals surface area contributed by atoms with E-state index in [1.165, 1.54) is 12.1 Å². The largest absolute Gasteiger partial charge is 0.323 e. The Morgan fingerprint density at radius 1 is 1.00 bits per heavy atom. The summed E-state index contributed by atoms with van der Waals surface area (Å²) in [7, 11) is 0. The summed E-state index contributed by atoms with van der Waals surface area (Å²) in [6.45, 7) is 1.86. The maximum Gasteiger partial charge on any atom is 0.323 e. The second-order valence-electron chi connectivity index (χ2n) is 4.77. The number of carbonyl (C=O) groups excluding carboxylic acids is 2. The van der Waals surface area contributed by atoms with Gasteiger partial charge in [-0.1, -0.05) is 41.9 Å². The fourth-order valence-corrected chi connectivity index (χ4v) is 2.48. The molecule has 2 aromatic rings. The monoisotopic (exact) mass is 403 g/mol. The van der Waals surface area contributed by atoms with Crippen LogP contribution >= 0.6 is 47.6 Å². The molecule has 0 aliphatic heterocycles. The highest BCUT2D eigenvalue weighted by molar-refractivity contribution is 7.97. The maximum atomic E-state index is 12.1. The molecule has 2 N–H and O–H groups in total. The van der Waals surface area contributed by atoms with Crippen molar-refractivity contribution < 1.29 is 9.59 Å². The van der Waals surface area contributed by atoms with E-state index in [-0.39, 0.29) is 10.7 Å². The number of nitrogens with one attached hydrogen (secondary N) is 2. The molecule has 2 rings (SSSR count). The molecule has 3 amide bonds. The van der Waals surface area contributed by atoms with Crippen molar-refractivity contribution in [2.75, 3.05) is 15.1 Å². The topological polar surface area (TPSA) is 61.4 Å². The highest BCUT2D eigenvalue weighted by Crippen LogP contribution is 2.31. The Kier molecular flexibility index (Phi) is 6.23. The molecule has 0 bridgehead atoms. The first-order valence-corrected chi connectivity index (χ1v) is 8.14. The zero-order valence-electron chi connectivity index (χ0n) is 12.3. The molecule has 0 aliphatic rings. The maximum absolute atomic E-state index is 12.1. The van der Waals surface area contributed by atoms with Crippen molar-refractivity contribution in [1.82, 2.24) is 0 Å². The quantitative estimate of drug-likeness (QED) is 0.437. The van der Waals surface area contributed by atoms with Gasteiger partial charge < -0.3 is 10.6 Å². The Labute approximate surface area is 159 Å². The number of thiol groups is 1. The first-order chi connectivity index (χ1) is 11.3. The summed E-state index contributed by atoms with van der Waals surface area (Å²) in [4.78, 5) is 23.3. The average Bonchev–Trinajstić information content (AvgIpc) is 2.52. The minimum absolute atomic E-state index is 0.203. The lowest BCUT2D eigenvalue weighted by atomic mass is 10.2. The molecule has 0 aromatic heterocycles. The lowest BCUT2D eigenvalue weighted by Crippen LogP contribution is -2.20. The highest BCUT2D eigenvalue weighted by Gasteiger charge is 2.14. The van der Waals surface area contributed by atoms with Crippen molar-refractivity contribution >= 4 is 75.9 Å². The Bertz CT molecular complexity index is 802. The van der Waals surface area contributed by atoms with Crippen LogP contribution < -0.4 is 15.1 Å². The van der Waals surface area contributed by atoms with Crippen molar-refractivity contribution in [2.45, 2.75) is 6.92 Å². The first-order valence-electron chi connectivity index (χ1n) is 6.60. The van der Waals surface area contributed by atoms with E-state index in [9.17, 15) is 9.59 Å². The normalized spacial score (nSPS) is 10.2. The van der Waals surface area contributed by atoms with Gasteiger partial charge in [0.15, 0.2) is 0 Å². The highest BCUT2D eigenvalue weighted by atomic mass is 35.5. The summed E-state index contributed by atoms with van der Waals surface area (Å²) in [6, 6.07) is 9.20. The van der Waals surface area contributed by atoms with Crippen molar-refractivity contribution in [1.29, 1.82) is 0 Å². The van der Waals surface area contributed by atoms with Gasteiger partial charge in [-0.15, -0.1) is 0 Å². The van der Waals surface area contributed by atoms with Crippen molar-refractivity contribution in [2.24, 2.45) is 0 Å². The number of nitrogens with zero attached hydrogens (tertiary/aromatic N) is 1. The molecule has 0 fully saturated rings. The zero-order chi connectivity index (χ0) is 17.9. The Balaban J connectivity index is 2.12. The van der Waals surface area contributed by atoms with Crippen molar-refractivity contribution in [3.8, 4) is 0 Å². The molecule has 0 saturated carbocycles. The molecule has 0 aliphatic carbocycles. The molecule has 0 spiro atoms. The Morgan fingerprint density at radius 2 is 1.58 bits per heavy atom. The third-order valence-corrected chi connectivity index (χ3v) is 4.39. The molecule has 5 nitrogen and oxygen atoms in total. The van der Waals surface area contributed by atoms with Gasteiger partial charge in [0.2, 0.25) is 0 Å². The molecule has 0 unspecified atom stereocenters. The third kappa shape index (κ3) is 4.70. The van der Waals surface area contributed by atoms with E-state index in [1.54, 1.807) is 24.3 Å². The molecular weight excluding hydrogens is 393 g/mol. The summed E-state index contributed by atoms with van der Waals surface area (Å²) < 4.78 is 0.744. The molecule has 9 heteroatoms. The smallest absolute Gasteiger partial charge is 0.308 e. The van der Waals surface area contributed by atoms with Crippen LogP contribution in [-0.2, 0) is 0 Å². The number of hydrogen-bond donors (Lipinski definition) is 3. The number of hydrogen-bond acceptors (Lipinski definition) is 2. The van der Waals surface area contributed by atoms with E-state index < -0.39 is 11.3 Å². The van der Waals surface area contributed by atoms with Crippen LogP contribution in [0, 0.1) is 6.92 Å². The van der Waals surface area contributed by atoms with Gasteiger partial charge in [-0.3, -0.25) is 4.79 Å². The summed E-state index contributed by atoms with van der Waals surface area (Å²) in [5.41, 5.74) is 2.05. The van der Waals surface area contributed by atoms with E-state index in [0.717, 1.165) is 9.98 Å². The van der Waals surface area contributed by atoms with Crippen molar-refractivity contribution in [3.63, 3.8) is 0 Å². The number of amides is 3. The van der Waals surface area contributed by atoms with E-state index in [1.807, 2.05) is 6.92 Å². The average molecular weight is 405 g/mol. The van der Waals surface area contributed by atoms with Crippen LogP contribution in [0.4, 0.5) is 26.7 Å². The summed E-state index contributed by atoms with van der Waals surface area (Å²) in [5.74, 6) is 0. The number of aryl methyl sites for hydroxylation is 1. The Morgan fingerprint density at radius 3 is 2.17 bits per heavy atom. The standard InChI is InChI=1S/C15H12Cl3N3O2S/c1-8-2-3-9(6-12(8)17)19-14(22)20-10-4-5-11(16)13(7-10)21(18)15(23)24/h2-7H,1H3,(H,23,24)(H2,19,20,22). The molecular formula is C15H12Cl3N3O2S. The van der Waals surface area contributed by atoms with Gasteiger partial charge in [-0.05, 0) is 42.8 Å². The van der Waals surface area contributed by atoms with Crippen LogP contribution in [0.25, 0.3) is 0 Å². The van der Waals surface area contributed by atoms with E-state index >= 15 is 0 Å². The van der Waals surface area contributed by atoms with Crippen LogP contribution in [0.15, 0.2) is 36.4 Å². The van der Waals surface area contributed by atoms with Crippen LogP contribution in [-0.4, -0.2) is 11.3 Å². The predicted octanol–water partition coefficient (Wildman–Crippen LogP) is 5.96. The number of anilines is 3. The zero-order valence-corrected chi connectivity index (χ0v) is 15.5. The fraction of sp³-hybridized carbons (Fsp3) is 0.0667. The number of benzene rings is 2. The molecule has 2 aromatic carbocycles. The Hall–Kier alpha value is -1.60. The van der Waals surface area contributed by atoms with Gasteiger partial charge >= 0.3 is 6.03 Å². The number of carbonyl (C=O) groups is 2. The lowest BCUT2D eigenvalue weighted by molar-refractivity contribution is 0.262. The number of rotatable bonds is 3. The molecule has 0 atom stereocenters. The second kappa shape index (κ2) is 7.98. The van der Waals surface area contributed by atoms with Gasteiger partial charge in [0.25, 0.3) is 5.24 Å². The van der Waals surface area contributed by atoms with Crippen LogP contribution in [0.1, 0.15) is 5.56 Å². The van der Waals surface area contributed by atoms with E-state index in [2.05, 4.69) is 23.3 Å². The van der Waals surface area contributed by atoms with Gasteiger partial charge in [-0.2, -0.15) is 0 Å². The summed E-state index contributed by atoms with van der Waals surface area (Å²) >= 11 is 21.4. The lowest BCUT2D eigenvalue weighted by Gasteiger charge is -2.15. The molecule has 24 heavy (non-hydrogen) atoms. The third-order valence-electron chi connectivity index (χ3n) is 3.01. The summed E-state index contributed by atoms with van der Waals surface area (Å²) in [6.07, 6.45) is 0. The fourth-order valence-electron chi connectivity index (χ4n) is 1.81. The molecule has 0 heterocycles. The van der Waals surface area contributed by atoms with Gasteiger partial charge in [0, 0.05) is 28.2 Å². The summed E-state index contributed by atoms with van der Waals surface area (Å²) in [5, 5.41) is 5.35. The van der Waals surface area contributed by atoms with Crippen LogP contribution in [0.3, 0.4) is 0 Å². The molecule has 126 valence electrons. The van der Waals surface area contributed by atoms with Crippen LogP contribution in [0.5, 0.6) is 0 Å². The first kappa shape index (κ1) is 18.7. The van der Waals surface area contributed by atoms with Crippen molar-refractivity contribution in [3.05, 3.63) is 52.0 Å². The SMILES string of the molecule is Cc1ccc(NC(=O)Nc2ccc(Cl)c(N(Cl)C(=O)S)c2)cc1Cl. The van der Waals surface area contributed by atoms with E-state index in [4.69, 9.17) is 35.0 Å². The van der Waals surface area contributed by atoms with Crippen LogP contribution in [0.2, 0.25) is 10.0 Å². The minimum Gasteiger partial charge on any atom is -0.308 e. The van der Waals surface area contributed by atoms with Gasteiger partial charge in [0.05, 0.1) is 10.7 Å². The number of urea groups is 1. The molecule has 0 radical (unpaired) electrons. The van der Waals surface area contributed by atoms with Gasteiger partial charge in [-0.25, -0.2) is 9.21 Å². The number of halogens is 3. The minimum atomic E-state index is -0.700. The van der Waals surface area contributed by atoms with E-state index in [0.29, 0.717) is 16.4 Å². The molecule has 0 saturated heterocycles. The second-order valence-corrected chi connectivity index (χ2v) is 6.31. The predicted molar refractivity (Wildman–Crippen MR) is 103 cm³/mol. The van der Waals surface area contributed by atoms with Gasteiger partial charge in [0.1, 0.15) is 0 Å².